The predicted octanol–water partition coefficient (Wildman–Crippen LogP) is 2.35. The molecular weight excluding hydrogens is 112 g/mol. The van der Waals surface area contributed by atoms with Gasteiger partial charge in [-0.25, -0.2) is 0 Å². The molecule has 0 saturated carbocycles. The number of hydrogen-bond donors (Lipinski definition) is 0. The standard InChI is InChI=1S/C8H16O/c1-5-7(3)8(4,6-2)9-7/h5-6H2,1-4H3. The molecule has 1 saturated heterocycles. The maximum absolute atomic E-state index is 5.59. The van der Waals surface area contributed by atoms with E-state index in [2.05, 4.69) is 27.7 Å². The molecule has 0 aromatic rings. The van der Waals surface area contributed by atoms with Crippen LogP contribution >= 0.6 is 0 Å². The summed E-state index contributed by atoms with van der Waals surface area (Å²) in [5, 5.41) is 0. The van der Waals surface area contributed by atoms with E-state index in [0.29, 0.717) is 0 Å². The molecular formula is C8H16O. The summed E-state index contributed by atoms with van der Waals surface area (Å²) in [4.78, 5) is 0. The molecule has 0 N–H and O–H groups in total. The lowest BCUT2D eigenvalue weighted by molar-refractivity contribution is 0.271. The van der Waals surface area contributed by atoms with Crippen molar-refractivity contribution in [2.75, 3.05) is 0 Å². The van der Waals surface area contributed by atoms with Gasteiger partial charge in [-0.1, -0.05) is 13.8 Å². The zero-order valence-electron chi connectivity index (χ0n) is 6.82. The fraction of sp³-hybridized carbons (Fsp3) is 1.00. The van der Waals surface area contributed by atoms with Gasteiger partial charge in [-0.2, -0.15) is 0 Å². The van der Waals surface area contributed by atoms with Crippen LogP contribution in [0.2, 0.25) is 0 Å². The molecule has 1 heterocycles. The van der Waals surface area contributed by atoms with Crippen molar-refractivity contribution in [3.8, 4) is 0 Å². The van der Waals surface area contributed by atoms with E-state index < -0.39 is 0 Å². The minimum atomic E-state index is 0.196. The molecule has 0 aromatic carbocycles. The summed E-state index contributed by atoms with van der Waals surface area (Å²) in [6.45, 7) is 8.74. The summed E-state index contributed by atoms with van der Waals surface area (Å²) >= 11 is 0. The molecule has 1 aliphatic heterocycles. The number of rotatable bonds is 2. The first kappa shape index (κ1) is 7.07. The number of hydrogen-bond acceptors (Lipinski definition) is 1. The van der Waals surface area contributed by atoms with Crippen LogP contribution in [0.25, 0.3) is 0 Å². The lowest BCUT2D eigenvalue weighted by Gasteiger charge is -2.05. The molecule has 0 bridgehead atoms. The van der Waals surface area contributed by atoms with E-state index in [4.69, 9.17) is 4.74 Å². The topological polar surface area (TPSA) is 12.5 Å². The van der Waals surface area contributed by atoms with Crippen LogP contribution in [0.5, 0.6) is 0 Å². The zero-order valence-corrected chi connectivity index (χ0v) is 6.82. The average Bonchev–Trinajstić information content (AvgIpc) is 2.39. The molecule has 0 aliphatic carbocycles. The van der Waals surface area contributed by atoms with Gasteiger partial charge in [0, 0.05) is 0 Å². The first-order valence-electron chi connectivity index (χ1n) is 3.78. The van der Waals surface area contributed by atoms with Crippen LogP contribution in [-0.4, -0.2) is 11.2 Å². The van der Waals surface area contributed by atoms with Crippen LogP contribution in [0.1, 0.15) is 40.5 Å². The van der Waals surface area contributed by atoms with Crippen LogP contribution < -0.4 is 0 Å². The summed E-state index contributed by atoms with van der Waals surface area (Å²) < 4.78 is 5.59. The molecule has 2 atom stereocenters. The maximum atomic E-state index is 5.59. The van der Waals surface area contributed by atoms with Gasteiger partial charge in [-0.15, -0.1) is 0 Å². The lowest BCUT2D eigenvalue weighted by Crippen LogP contribution is -2.17. The van der Waals surface area contributed by atoms with Gasteiger partial charge in [0.2, 0.25) is 0 Å². The van der Waals surface area contributed by atoms with Crippen LogP contribution in [-0.2, 0) is 4.74 Å². The van der Waals surface area contributed by atoms with Crippen molar-refractivity contribution in [2.24, 2.45) is 0 Å². The highest BCUT2D eigenvalue weighted by Crippen LogP contribution is 2.51. The van der Waals surface area contributed by atoms with Crippen molar-refractivity contribution in [1.29, 1.82) is 0 Å². The Kier molecular flexibility index (Phi) is 1.35. The molecule has 54 valence electrons. The van der Waals surface area contributed by atoms with Gasteiger partial charge in [-0.05, 0) is 26.7 Å². The molecule has 1 nitrogen and oxygen atoms in total. The van der Waals surface area contributed by atoms with Gasteiger partial charge in [0.25, 0.3) is 0 Å². The lowest BCUT2D eigenvalue weighted by atomic mass is 9.92. The minimum Gasteiger partial charge on any atom is -0.363 e. The normalized spacial score (nSPS) is 49.3. The quantitative estimate of drug-likeness (QED) is 0.520. The molecule has 9 heavy (non-hydrogen) atoms. The molecule has 2 unspecified atom stereocenters. The second-order valence-electron chi connectivity index (χ2n) is 3.27. The van der Waals surface area contributed by atoms with E-state index in [-0.39, 0.29) is 11.2 Å². The first-order valence-corrected chi connectivity index (χ1v) is 3.78. The van der Waals surface area contributed by atoms with E-state index in [1.807, 2.05) is 0 Å². The summed E-state index contributed by atoms with van der Waals surface area (Å²) in [5.74, 6) is 0. The summed E-state index contributed by atoms with van der Waals surface area (Å²) in [6.07, 6.45) is 2.27. The van der Waals surface area contributed by atoms with Crippen LogP contribution in [0.15, 0.2) is 0 Å². The minimum absolute atomic E-state index is 0.196. The molecule has 1 heteroatoms. The second kappa shape index (κ2) is 1.72. The van der Waals surface area contributed by atoms with Crippen molar-refractivity contribution in [2.45, 2.75) is 51.7 Å². The molecule has 1 rings (SSSR count). The third-order valence-corrected chi connectivity index (χ3v) is 2.88. The Morgan fingerprint density at radius 2 is 1.33 bits per heavy atom. The fourth-order valence-electron chi connectivity index (χ4n) is 1.36. The average molecular weight is 128 g/mol. The Balaban J connectivity index is 2.54. The number of epoxide rings is 1. The van der Waals surface area contributed by atoms with Crippen LogP contribution in [0, 0.1) is 0 Å². The highest BCUT2D eigenvalue weighted by atomic mass is 16.6. The van der Waals surface area contributed by atoms with Gasteiger partial charge < -0.3 is 4.74 Å². The van der Waals surface area contributed by atoms with Crippen molar-refractivity contribution in [1.82, 2.24) is 0 Å². The van der Waals surface area contributed by atoms with Crippen molar-refractivity contribution in [3.63, 3.8) is 0 Å². The largest absolute Gasteiger partial charge is 0.363 e. The smallest absolute Gasteiger partial charge is 0.0946 e. The van der Waals surface area contributed by atoms with Gasteiger partial charge >= 0.3 is 0 Å². The summed E-state index contributed by atoms with van der Waals surface area (Å²) in [6, 6.07) is 0. The van der Waals surface area contributed by atoms with Crippen LogP contribution in [0.4, 0.5) is 0 Å². The molecule has 0 spiro atoms. The van der Waals surface area contributed by atoms with Crippen LogP contribution in [0.3, 0.4) is 0 Å². The second-order valence-corrected chi connectivity index (χ2v) is 3.27. The number of ether oxygens (including phenoxy) is 1. The summed E-state index contributed by atoms with van der Waals surface area (Å²) in [7, 11) is 0. The molecule has 1 fully saturated rings. The molecule has 0 amide bonds. The fourth-order valence-corrected chi connectivity index (χ4v) is 1.36. The Labute approximate surface area is 57.4 Å². The van der Waals surface area contributed by atoms with E-state index in [0.717, 1.165) is 12.8 Å². The predicted molar refractivity (Wildman–Crippen MR) is 38.5 cm³/mol. The van der Waals surface area contributed by atoms with Crippen molar-refractivity contribution >= 4 is 0 Å². The maximum Gasteiger partial charge on any atom is 0.0946 e. The highest BCUT2D eigenvalue weighted by molar-refractivity contribution is 5.08. The Bertz CT molecular complexity index is 108. The Morgan fingerprint density at radius 1 is 1.00 bits per heavy atom. The Morgan fingerprint density at radius 3 is 1.44 bits per heavy atom. The SMILES string of the molecule is CCC1(C)OC1(C)CC. The van der Waals surface area contributed by atoms with Gasteiger partial charge in [0.15, 0.2) is 0 Å². The van der Waals surface area contributed by atoms with Gasteiger partial charge in [0.05, 0.1) is 11.2 Å². The molecule has 0 aromatic heterocycles. The highest BCUT2D eigenvalue weighted by Gasteiger charge is 2.60. The molecule has 0 radical (unpaired) electrons. The zero-order chi connectivity index (χ0) is 7.12. The third-order valence-electron chi connectivity index (χ3n) is 2.88. The van der Waals surface area contributed by atoms with E-state index in [9.17, 15) is 0 Å². The van der Waals surface area contributed by atoms with Gasteiger partial charge in [0.1, 0.15) is 0 Å². The first-order chi connectivity index (χ1) is 4.08. The van der Waals surface area contributed by atoms with E-state index >= 15 is 0 Å². The summed E-state index contributed by atoms with van der Waals surface area (Å²) in [5.41, 5.74) is 0.392. The van der Waals surface area contributed by atoms with E-state index in [1.165, 1.54) is 0 Å². The van der Waals surface area contributed by atoms with Crippen molar-refractivity contribution < 1.29 is 4.74 Å². The van der Waals surface area contributed by atoms with Gasteiger partial charge in [-0.3, -0.25) is 0 Å². The van der Waals surface area contributed by atoms with E-state index in [1.54, 1.807) is 0 Å². The Hall–Kier alpha value is -0.0400. The third kappa shape index (κ3) is 0.787. The monoisotopic (exact) mass is 128 g/mol. The van der Waals surface area contributed by atoms with Crippen molar-refractivity contribution in [3.05, 3.63) is 0 Å². The molecule has 1 aliphatic rings.